The van der Waals surface area contributed by atoms with Gasteiger partial charge in [0.2, 0.25) is 0 Å². The van der Waals surface area contributed by atoms with E-state index >= 15 is 0 Å². The van der Waals surface area contributed by atoms with Crippen molar-refractivity contribution in [2.75, 3.05) is 36.8 Å². The van der Waals surface area contributed by atoms with E-state index in [-0.39, 0.29) is 12.2 Å². The van der Waals surface area contributed by atoms with Gasteiger partial charge in [-0.25, -0.2) is 0 Å². The van der Waals surface area contributed by atoms with Gasteiger partial charge in [0.05, 0.1) is 22.3 Å². The predicted molar refractivity (Wildman–Crippen MR) is 109 cm³/mol. The van der Waals surface area contributed by atoms with Crippen LogP contribution in [0.1, 0.15) is 16.1 Å². The zero-order valence-electron chi connectivity index (χ0n) is 14.9. The molecule has 0 spiro atoms. The molecule has 0 atom stereocenters. The number of Topliss-reactive ketones (excluding diaryl/α,β-unsaturated/α-hetero) is 1. The lowest BCUT2D eigenvalue weighted by atomic mass is 10.0. The van der Waals surface area contributed by atoms with Gasteiger partial charge in [0, 0.05) is 44.5 Å². The molecular formula is C20H21N5OS. The number of hydrogen-bond acceptors (Lipinski definition) is 7. The van der Waals surface area contributed by atoms with Gasteiger partial charge >= 0.3 is 0 Å². The van der Waals surface area contributed by atoms with Gasteiger partial charge in [0.25, 0.3) is 0 Å². The van der Waals surface area contributed by atoms with Crippen LogP contribution >= 0.6 is 11.3 Å². The lowest BCUT2D eigenvalue weighted by molar-refractivity contribution is 0.0988. The van der Waals surface area contributed by atoms with Crippen molar-refractivity contribution in [3.63, 3.8) is 0 Å². The van der Waals surface area contributed by atoms with Crippen LogP contribution in [0.2, 0.25) is 0 Å². The quantitative estimate of drug-likeness (QED) is 0.524. The number of pyridine rings is 1. The van der Waals surface area contributed by atoms with Crippen molar-refractivity contribution in [2.24, 2.45) is 0 Å². The van der Waals surface area contributed by atoms with Gasteiger partial charge in [-0.2, -0.15) is 0 Å². The third-order valence-corrected chi connectivity index (χ3v) is 5.55. The van der Waals surface area contributed by atoms with Crippen LogP contribution in [-0.2, 0) is 6.42 Å². The molecule has 1 saturated heterocycles. The van der Waals surface area contributed by atoms with Gasteiger partial charge in [-0.1, -0.05) is 6.07 Å². The number of piperazine rings is 1. The van der Waals surface area contributed by atoms with E-state index in [2.05, 4.69) is 20.2 Å². The summed E-state index contributed by atoms with van der Waals surface area (Å²) in [7, 11) is 0. The summed E-state index contributed by atoms with van der Waals surface area (Å²) >= 11 is 1.56. The molecular weight excluding hydrogens is 358 g/mol. The fraction of sp³-hybridized carbons (Fsp3) is 0.250. The molecule has 1 fully saturated rings. The Labute approximate surface area is 162 Å². The smallest absolute Gasteiger partial charge is 0.185 e. The van der Waals surface area contributed by atoms with Crippen LogP contribution < -0.4 is 16.0 Å². The lowest BCUT2D eigenvalue weighted by Crippen LogP contribution is -2.43. The Kier molecular flexibility index (Phi) is 5.13. The fourth-order valence-corrected chi connectivity index (χ4v) is 3.82. The number of ketones is 1. The molecule has 0 aliphatic carbocycles. The normalized spacial score (nSPS) is 14.3. The van der Waals surface area contributed by atoms with Crippen LogP contribution in [-0.4, -0.2) is 41.9 Å². The molecule has 0 saturated carbocycles. The van der Waals surface area contributed by atoms with Crippen molar-refractivity contribution < 1.29 is 4.79 Å². The van der Waals surface area contributed by atoms with Crippen molar-refractivity contribution in [3.8, 4) is 10.4 Å². The predicted octanol–water partition coefficient (Wildman–Crippen LogP) is 2.62. The van der Waals surface area contributed by atoms with Crippen molar-refractivity contribution in [2.45, 2.75) is 6.42 Å². The number of aromatic nitrogens is 2. The number of carbonyl (C=O) groups is 1. The third kappa shape index (κ3) is 3.99. The molecule has 1 aliphatic rings. The first-order valence-corrected chi connectivity index (χ1v) is 9.81. The highest BCUT2D eigenvalue weighted by Crippen LogP contribution is 2.27. The molecule has 3 aromatic rings. The molecule has 3 N–H and O–H groups in total. The van der Waals surface area contributed by atoms with Crippen molar-refractivity contribution in [1.82, 2.24) is 15.3 Å². The maximum atomic E-state index is 12.7. The molecule has 4 rings (SSSR count). The number of rotatable bonds is 5. The Balaban J connectivity index is 1.49. The second kappa shape index (κ2) is 7.85. The van der Waals surface area contributed by atoms with Crippen LogP contribution in [0.15, 0.2) is 48.2 Å². The molecule has 7 heteroatoms. The molecule has 2 aromatic heterocycles. The molecule has 0 unspecified atom stereocenters. The van der Waals surface area contributed by atoms with E-state index in [1.54, 1.807) is 23.0 Å². The van der Waals surface area contributed by atoms with Crippen LogP contribution in [0, 0.1) is 0 Å². The second-order valence-corrected chi connectivity index (χ2v) is 7.40. The van der Waals surface area contributed by atoms with Gasteiger partial charge in [-0.3, -0.25) is 14.8 Å². The third-order valence-electron chi connectivity index (χ3n) is 4.73. The standard InChI is InChI=1S/C20H21N5OS/c21-17-3-1-14(20-12-23-13-27-20)9-15(17)10-19(26)18-4-2-16(11-24-18)25-7-5-22-6-8-25/h1-4,9,11-13,22H,5-8,10,21H2. The minimum atomic E-state index is -0.0324. The Morgan fingerprint density at radius 2 is 2.04 bits per heavy atom. The molecule has 3 heterocycles. The van der Waals surface area contributed by atoms with Crippen LogP contribution in [0.4, 0.5) is 11.4 Å². The molecule has 6 nitrogen and oxygen atoms in total. The maximum Gasteiger partial charge on any atom is 0.185 e. The number of nitrogens with two attached hydrogens (primary N) is 1. The summed E-state index contributed by atoms with van der Waals surface area (Å²) < 4.78 is 0. The minimum absolute atomic E-state index is 0.0324. The summed E-state index contributed by atoms with van der Waals surface area (Å²) in [6, 6.07) is 9.55. The summed E-state index contributed by atoms with van der Waals surface area (Å²) in [5.74, 6) is -0.0324. The number of hydrogen-bond donors (Lipinski definition) is 2. The average molecular weight is 379 g/mol. The molecule has 0 amide bonds. The summed E-state index contributed by atoms with van der Waals surface area (Å²) in [4.78, 5) is 24.5. The largest absolute Gasteiger partial charge is 0.398 e. The van der Waals surface area contributed by atoms with Crippen molar-refractivity contribution >= 4 is 28.5 Å². The Morgan fingerprint density at radius 3 is 2.74 bits per heavy atom. The maximum absolute atomic E-state index is 12.7. The van der Waals surface area contributed by atoms with Gasteiger partial charge in [0.15, 0.2) is 5.78 Å². The Hall–Kier alpha value is -2.77. The van der Waals surface area contributed by atoms with E-state index in [1.807, 2.05) is 36.5 Å². The summed E-state index contributed by atoms with van der Waals surface area (Å²) in [6.07, 6.45) is 3.84. The Bertz CT molecular complexity index is 918. The highest BCUT2D eigenvalue weighted by atomic mass is 32.1. The van der Waals surface area contributed by atoms with Crippen molar-refractivity contribution in [1.29, 1.82) is 0 Å². The highest BCUT2D eigenvalue weighted by Gasteiger charge is 2.14. The minimum Gasteiger partial charge on any atom is -0.398 e. The van der Waals surface area contributed by atoms with Gasteiger partial charge in [-0.05, 0) is 35.4 Å². The lowest BCUT2D eigenvalue weighted by Gasteiger charge is -2.29. The number of anilines is 2. The summed E-state index contributed by atoms with van der Waals surface area (Å²) in [5.41, 5.74) is 11.9. The first-order valence-electron chi connectivity index (χ1n) is 8.93. The molecule has 0 bridgehead atoms. The zero-order chi connectivity index (χ0) is 18.6. The number of nitrogen functional groups attached to an aromatic ring is 1. The highest BCUT2D eigenvalue weighted by molar-refractivity contribution is 7.13. The van der Waals surface area contributed by atoms with E-state index in [4.69, 9.17) is 5.73 Å². The van der Waals surface area contributed by atoms with Crippen LogP contribution in [0.3, 0.4) is 0 Å². The van der Waals surface area contributed by atoms with E-state index in [0.717, 1.165) is 47.9 Å². The summed E-state index contributed by atoms with van der Waals surface area (Å²) in [6.45, 7) is 3.85. The molecule has 1 aromatic carbocycles. The summed E-state index contributed by atoms with van der Waals surface area (Å²) in [5, 5.41) is 3.33. The number of nitrogens with zero attached hydrogens (tertiary/aromatic N) is 3. The monoisotopic (exact) mass is 379 g/mol. The first-order chi connectivity index (χ1) is 13.2. The topological polar surface area (TPSA) is 84.1 Å². The number of carbonyl (C=O) groups excluding carboxylic acids is 1. The van der Waals surface area contributed by atoms with Crippen LogP contribution in [0.5, 0.6) is 0 Å². The van der Waals surface area contributed by atoms with E-state index in [0.29, 0.717) is 11.4 Å². The average Bonchev–Trinajstić information content (AvgIpc) is 3.25. The Morgan fingerprint density at radius 1 is 1.19 bits per heavy atom. The number of thiazole rings is 1. The van der Waals surface area contributed by atoms with Crippen LogP contribution in [0.25, 0.3) is 10.4 Å². The van der Waals surface area contributed by atoms with Crippen molar-refractivity contribution in [3.05, 3.63) is 59.5 Å². The molecule has 0 radical (unpaired) electrons. The first kappa shape index (κ1) is 17.6. The fourth-order valence-electron chi connectivity index (χ4n) is 3.20. The van der Waals surface area contributed by atoms with Gasteiger partial charge in [0.1, 0.15) is 5.69 Å². The van der Waals surface area contributed by atoms with E-state index in [9.17, 15) is 4.79 Å². The number of benzene rings is 1. The SMILES string of the molecule is Nc1ccc(-c2cncs2)cc1CC(=O)c1ccc(N2CCNCC2)cn1. The van der Waals surface area contributed by atoms with Gasteiger partial charge in [-0.15, -0.1) is 11.3 Å². The van der Waals surface area contributed by atoms with E-state index in [1.165, 1.54) is 0 Å². The molecule has 138 valence electrons. The van der Waals surface area contributed by atoms with E-state index < -0.39 is 0 Å². The molecule has 1 aliphatic heterocycles. The zero-order valence-corrected chi connectivity index (χ0v) is 15.7. The van der Waals surface area contributed by atoms with Gasteiger partial charge < -0.3 is 16.0 Å². The molecule has 27 heavy (non-hydrogen) atoms. The second-order valence-electron chi connectivity index (χ2n) is 6.52. The number of nitrogens with one attached hydrogen (secondary N) is 1.